The molecule has 1 aromatic heterocycles. The Bertz CT molecular complexity index is 480. The van der Waals surface area contributed by atoms with Crippen molar-refractivity contribution in [2.45, 2.75) is 19.8 Å². The lowest BCUT2D eigenvalue weighted by Gasteiger charge is -2.18. The van der Waals surface area contributed by atoms with Crippen LogP contribution >= 0.6 is 11.3 Å². The molecule has 3 rings (SSSR count). The van der Waals surface area contributed by atoms with Gasteiger partial charge >= 0.3 is 0 Å². The van der Waals surface area contributed by atoms with Gasteiger partial charge in [-0.05, 0) is 53.5 Å². The van der Waals surface area contributed by atoms with E-state index in [0.717, 1.165) is 0 Å². The fourth-order valence-corrected chi connectivity index (χ4v) is 3.38. The molecule has 1 aliphatic rings. The molecule has 2 aromatic rings. The summed E-state index contributed by atoms with van der Waals surface area (Å²) >= 11 is 1.88. The van der Waals surface area contributed by atoms with Gasteiger partial charge in [0.15, 0.2) is 0 Å². The monoisotopic (exact) mass is 200 g/mol. The Morgan fingerprint density at radius 3 is 2.86 bits per heavy atom. The first kappa shape index (κ1) is 8.25. The van der Waals surface area contributed by atoms with E-state index in [1.165, 1.54) is 40.0 Å². The second-order valence-electron chi connectivity index (χ2n) is 3.88. The van der Waals surface area contributed by atoms with E-state index < -0.39 is 0 Å². The number of aryl methyl sites for hydroxylation is 3. The van der Waals surface area contributed by atoms with Crippen molar-refractivity contribution in [1.82, 2.24) is 0 Å². The summed E-state index contributed by atoms with van der Waals surface area (Å²) in [5, 5.41) is 2.21. The largest absolute Gasteiger partial charge is 0.144 e. The van der Waals surface area contributed by atoms with E-state index in [1.54, 1.807) is 0 Å². The molecule has 0 aliphatic heterocycles. The maximum atomic E-state index is 2.27. The minimum absolute atomic E-state index is 1.21. The summed E-state index contributed by atoms with van der Waals surface area (Å²) in [6.07, 6.45) is 2.43. The fraction of sp³-hybridized carbons (Fsp3) is 0.231. The number of rotatable bonds is 0. The van der Waals surface area contributed by atoms with Crippen molar-refractivity contribution in [3.63, 3.8) is 0 Å². The Kier molecular flexibility index (Phi) is 1.74. The van der Waals surface area contributed by atoms with Crippen LogP contribution in [-0.4, -0.2) is 0 Å². The van der Waals surface area contributed by atoms with Gasteiger partial charge in [-0.3, -0.25) is 0 Å². The number of hydrogen-bond acceptors (Lipinski definition) is 1. The molecule has 1 heteroatoms. The molecule has 0 atom stereocenters. The van der Waals surface area contributed by atoms with E-state index in [1.807, 2.05) is 11.3 Å². The van der Waals surface area contributed by atoms with Gasteiger partial charge in [0.25, 0.3) is 0 Å². The average Bonchev–Trinajstić information content (AvgIpc) is 2.65. The lowest BCUT2D eigenvalue weighted by atomic mass is 9.89. The number of thiophene rings is 1. The maximum absolute atomic E-state index is 2.27. The summed E-state index contributed by atoms with van der Waals surface area (Å²) < 4.78 is 0. The Balaban J connectivity index is 2.34. The zero-order valence-electron chi connectivity index (χ0n) is 8.21. The minimum atomic E-state index is 1.21. The molecule has 0 saturated carbocycles. The van der Waals surface area contributed by atoms with Gasteiger partial charge in [0.2, 0.25) is 0 Å². The smallest absolute Gasteiger partial charge is 0.0380 e. The van der Waals surface area contributed by atoms with Crippen molar-refractivity contribution in [1.29, 1.82) is 0 Å². The van der Waals surface area contributed by atoms with Crippen LogP contribution in [0.1, 0.15) is 16.7 Å². The molecule has 70 valence electrons. The molecule has 0 saturated heterocycles. The first-order valence-electron chi connectivity index (χ1n) is 5.01. The molecule has 14 heavy (non-hydrogen) atoms. The Hall–Kier alpha value is -1.08. The van der Waals surface area contributed by atoms with Gasteiger partial charge in [-0.2, -0.15) is 0 Å². The molecule has 0 nitrogen and oxygen atoms in total. The van der Waals surface area contributed by atoms with E-state index in [9.17, 15) is 0 Å². The molecular weight excluding hydrogens is 188 g/mol. The van der Waals surface area contributed by atoms with Gasteiger partial charge in [-0.1, -0.05) is 18.2 Å². The first-order valence-corrected chi connectivity index (χ1v) is 5.89. The standard InChI is InChI=1S/C13H12S/c1-9-3-2-4-10-5-6-11-7-8-14-13(11)12(9)10/h2-4,7-8H,5-6H2,1H3. The zero-order chi connectivity index (χ0) is 9.54. The van der Waals surface area contributed by atoms with Crippen LogP contribution in [0.25, 0.3) is 10.4 Å². The van der Waals surface area contributed by atoms with Crippen molar-refractivity contribution in [3.8, 4) is 10.4 Å². The molecular formula is C13H12S. The molecule has 0 spiro atoms. The normalized spacial score (nSPS) is 13.5. The minimum Gasteiger partial charge on any atom is -0.144 e. The molecule has 0 unspecified atom stereocenters. The van der Waals surface area contributed by atoms with Crippen LogP contribution in [0.3, 0.4) is 0 Å². The van der Waals surface area contributed by atoms with E-state index in [2.05, 4.69) is 36.6 Å². The summed E-state index contributed by atoms with van der Waals surface area (Å²) in [6.45, 7) is 2.22. The highest BCUT2D eigenvalue weighted by atomic mass is 32.1. The third-order valence-corrected chi connectivity index (χ3v) is 3.97. The lowest BCUT2D eigenvalue weighted by molar-refractivity contribution is 0.947. The van der Waals surface area contributed by atoms with Gasteiger partial charge < -0.3 is 0 Å². The summed E-state index contributed by atoms with van der Waals surface area (Å²) in [7, 11) is 0. The van der Waals surface area contributed by atoms with E-state index in [4.69, 9.17) is 0 Å². The van der Waals surface area contributed by atoms with Gasteiger partial charge in [0, 0.05) is 4.88 Å². The van der Waals surface area contributed by atoms with Crippen LogP contribution in [0.4, 0.5) is 0 Å². The van der Waals surface area contributed by atoms with Crippen molar-refractivity contribution in [3.05, 3.63) is 46.3 Å². The highest BCUT2D eigenvalue weighted by Crippen LogP contribution is 2.39. The number of benzene rings is 1. The quantitative estimate of drug-likeness (QED) is 0.606. The number of hydrogen-bond donors (Lipinski definition) is 0. The van der Waals surface area contributed by atoms with Gasteiger partial charge in [-0.15, -0.1) is 11.3 Å². The van der Waals surface area contributed by atoms with Crippen molar-refractivity contribution < 1.29 is 0 Å². The lowest BCUT2D eigenvalue weighted by Crippen LogP contribution is -2.02. The Labute approximate surface area is 88.2 Å². The van der Waals surface area contributed by atoms with Gasteiger partial charge in [0.05, 0.1) is 0 Å². The number of fused-ring (bicyclic) bond motifs is 3. The molecule has 1 aromatic carbocycles. The van der Waals surface area contributed by atoms with Crippen LogP contribution in [0, 0.1) is 6.92 Å². The fourth-order valence-electron chi connectivity index (χ4n) is 2.28. The maximum Gasteiger partial charge on any atom is 0.0380 e. The highest BCUT2D eigenvalue weighted by Gasteiger charge is 2.17. The molecule has 1 heterocycles. The summed E-state index contributed by atoms with van der Waals surface area (Å²) in [5.74, 6) is 0. The van der Waals surface area contributed by atoms with E-state index >= 15 is 0 Å². The average molecular weight is 200 g/mol. The molecule has 0 bridgehead atoms. The molecule has 0 N–H and O–H groups in total. The molecule has 0 amide bonds. The molecule has 0 fully saturated rings. The van der Waals surface area contributed by atoms with Crippen LogP contribution in [0.2, 0.25) is 0 Å². The van der Waals surface area contributed by atoms with Crippen molar-refractivity contribution in [2.24, 2.45) is 0 Å². The van der Waals surface area contributed by atoms with Crippen molar-refractivity contribution >= 4 is 11.3 Å². The second-order valence-corrected chi connectivity index (χ2v) is 4.80. The van der Waals surface area contributed by atoms with Crippen molar-refractivity contribution in [2.75, 3.05) is 0 Å². The summed E-state index contributed by atoms with van der Waals surface area (Å²) in [5.41, 5.74) is 5.99. The van der Waals surface area contributed by atoms with Gasteiger partial charge in [-0.25, -0.2) is 0 Å². The van der Waals surface area contributed by atoms with E-state index in [0.29, 0.717) is 0 Å². The van der Waals surface area contributed by atoms with Gasteiger partial charge in [0.1, 0.15) is 0 Å². The van der Waals surface area contributed by atoms with Crippen LogP contribution in [-0.2, 0) is 12.8 Å². The van der Waals surface area contributed by atoms with Crippen LogP contribution < -0.4 is 0 Å². The predicted molar refractivity (Wildman–Crippen MR) is 61.9 cm³/mol. The van der Waals surface area contributed by atoms with Crippen LogP contribution in [0.5, 0.6) is 0 Å². The highest BCUT2D eigenvalue weighted by molar-refractivity contribution is 7.13. The predicted octanol–water partition coefficient (Wildman–Crippen LogP) is 3.82. The third-order valence-electron chi connectivity index (χ3n) is 3.00. The third kappa shape index (κ3) is 1.05. The topological polar surface area (TPSA) is 0 Å². The Morgan fingerprint density at radius 1 is 1.07 bits per heavy atom. The van der Waals surface area contributed by atoms with E-state index in [-0.39, 0.29) is 0 Å². The Morgan fingerprint density at radius 2 is 1.93 bits per heavy atom. The molecule has 0 radical (unpaired) electrons. The molecule has 1 aliphatic carbocycles. The SMILES string of the molecule is Cc1cccc2c1-c1sccc1CC2. The summed E-state index contributed by atoms with van der Waals surface area (Å²) in [6, 6.07) is 8.93. The first-order chi connectivity index (χ1) is 6.86. The van der Waals surface area contributed by atoms with Crippen LogP contribution in [0.15, 0.2) is 29.6 Å². The zero-order valence-corrected chi connectivity index (χ0v) is 9.03. The summed E-state index contributed by atoms with van der Waals surface area (Å²) in [4.78, 5) is 1.50. The second kappa shape index (κ2) is 2.96.